The lowest BCUT2D eigenvalue weighted by atomic mass is 10.1. The van der Waals surface area contributed by atoms with Crippen molar-refractivity contribution in [3.05, 3.63) is 41.5 Å². The van der Waals surface area contributed by atoms with E-state index in [0.717, 1.165) is 43.9 Å². The third kappa shape index (κ3) is 2.69. The monoisotopic (exact) mass is 340 g/mol. The Hall–Kier alpha value is -2.37. The normalized spacial score (nSPS) is 21.8. The van der Waals surface area contributed by atoms with Gasteiger partial charge in [0.15, 0.2) is 0 Å². The lowest BCUT2D eigenvalue weighted by Crippen LogP contribution is -2.42. The highest BCUT2D eigenvalue weighted by atomic mass is 16.5. The minimum Gasteiger partial charge on any atom is -0.493 e. The number of hydrogen-bond donors (Lipinski definition) is 0. The number of amides is 1. The molecule has 2 atom stereocenters. The number of para-hydroxylation sites is 1. The number of fused-ring (bicyclic) bond motifs is 3. The molecule has 3 heterocycles. The zero-order chi connectivity index (χ0) is 17.4. The van der Waals surface area contributed by atoms with E-state index >= 15 is 0 Å². The molecule has 6 heteroatoms. The molecule has 1 aromatic heterocycles. The summed E-state index contributed by atoms with van der Waals surface area (Å²) in [5, 5.41) is 8.68. The summed E-state index contributed by atoms with van der Waals surface area (Å²) < 4.78 is 7.90. The second-order valence-electron chi connectivity index (χ2n) is 6.73. The second-order valence-corrected chi connectivity index (χ2v) is 6.73. The number of nitrogens with zero attached hydrogens (tertiary/aromatic N) is 4. The molecule has 0 saturated carbocycles. The Labute approximate surface area is 147 Å². The largest absolute Gasteiger partial charge is 0.493 e. The molecule has 2 aliphatic rings. The Balaban J connectivity index is 1.66. The fraction of sp³-hybridized carbons (Fsp3) is 0.526. The molecule has 2 bridgehead atoms. The Kier molecular flexibility index (Phi) is 4.19. The molecular weight excluding hydrogens is 316 g/mol. The van der Waals surface area contributed by atoms with Gasteiger partial charge in [0.25, 0.3) is 5.91 Å². The van der Waals surface area contributed by atoms with Crippen molar-refractivity contribution in [2.75, 3.05) is 6.61 Å². The molecule has 6 nitrogen and oxygen atoms in total. The first-order valence-corrected chi connectivity index (χ1v) is 9.18. The number of carbonyl (C=O) groups is 1. The van der Waals surface area contributed by atoms with Crippen LogP contribution >= 0.6 is 0 Å². The van der Waals surface area contributed by atoms with Gasteiger partial charge in [-0.15, -0.1) is 10.2 Å². The number of carbonyl (C=O) groups excluding carboxylic acids is 1. The topological polar surface area (TPSA) is 60.2 Å². The standard InChI is InChI=1S/C19H24N4O2/c1-3-17-20-21-18-11-13-9-10-14(12-22(17)18)23(13)19(24)15-7-5-6-8-16(15)25-4-2/h5-8,13-14H,3-4,9-12H2,1-2H3. The molecule has 1 fully saturated rings. The molecule has 0 N–H and O–H groups in total. The van der Waals surface area contributed by atoms with E-state index in [1.165, 1.54) is 0 Å². The predicted octanol–water partition coefficient (Wildman–Crippen LogP) is 2.47. The van der Waals surface area contributed by atoms with E-state index in [4.69, 9.17) is 4.74 Å². The van der Waals surface area contributed by atoms with Crippen LogP contribution < -0.4 is 4.74 Å². The Morgan fingerprint density at radius 2 is 2.00 bits per heavy atom. The summed E-state index contributed by atoms with van der Waals surface area (Å²) in [5.41, 5.74) is 0.662. The second kappa shape index (κ2) is 6.50. The van der Waals surface area contributed by atoms with E-state index in [-0.39, 0.29) is 18.0 Å². The van der Waals surface area contributed by atoms with Crippen LogP contribution in [0.1, 0.15) is 48.7 Å². The molecular formula is C19H24N4O2. The van der Waals surface area contributed by atoms with Crippen molar-refractivity contribution in [2.24, 2.45) is 0 Å². The van der Waals surface area contributed by atoms with Crippen molar-refractivity contribution in [3.63, 3.8) is 0 Å². The Morgan fingerprint density at radius 3 is 2.80 bits per heavy atom. The molecule has 25 heavy (non-hydrogen) atoms. The molecule has 2 aromatic rings. The van der Waals surface area contributed by atoms with Gasteiger partial charge < -0.3 is 14.2 Å². The Bertz CT molecular complexity index is 785. The maximum Gasteiger partial charge on any atom is 0.258 e. The fourth-order valence-corrected chi connectivity index (χ4v) is 4.15. The SMILES string of the molecule is CCOc1ccccc1C(=O)N1C2CCC1Cn1c(CC)nnc1C2. The summed E-state index contributed by atoms with van der Waals surface area (Å²) in [6.07, 6.45) is 3.72. The minimum absolute atomic E-state index is 0.0771. The average molecular weight is 340 g/mol. The van der Waals surface area contributed by atoms with Crippen LogP contribution in [0.4, 0.5) is 0 Å². The maximum atomic E-state index is 13.3. The van der Waals surface area contributed by atoms with Crippen LogP contribution in [0, 0.1) is 0 Å². The zero-order valence-electron chi connectivity index (χ0n) is 14.8. The first kappa shape index (κ1) is 16.1. The van der Waals surface area contributed by atoms with Gasteiger partial charge in [0.2, 0.25) is 0 Å². The van der Waals surface area contributed by atoms with Gasteiger partial charge in [-0.25, -0.2) is 0 Å². The highest BCUT2D eigenvalue weighted by molar-refractivity contribution is 5.97. The molecule has 2 aliphatic heterocycles. The van der Waals surface area contributed by atoms with Crippen molar-refractivity contribution in [1.29, 1.82) is 0 Å². The molecule has 1 aromatic carbocycles. The van der Waals surface area contributed by atoms with Gasteiger partial charge in [0, 0.05) is 25.4 Å². The minimum atomic E-state index is 0.0771. The lowest BCUT2D eigenvalue weighted by molar-refractivity contribution is 0.0661. The third-order valence-corrected chi connectivity index (χ3v) is 5.30. The number of aryl methyl sites for hydroxylation is 1. The van der Waals surface area contributed by atoms with Gasteiger partial charge in [0.1, 0.15) is 17.4 Å². The summed E-state index contributed by atoms with van der Waals surface area (Å²) in [5.74, 6) is 2.78. The lowest BCUT2D eigenvalue weighted by Gasteiger charge is -2.28. The van der Waals surface area contributed by atoms with Gasteiger partial charge in [-0.05, 0) is 31.9 Å². The highest BCUT2D eigenvalue weighted by Gasteiger charge is 2.41. The fourth-order valence-electron chi connectivity index (χ4n) is 4.15. The van der Waals surface area contributed by atoms with E-state index in [1.54, 1.807) is 0 Å². The van der Waals surface area contributed by atoms with Gasteiger partial charge in [0.05, 0.1) is 18.2 Å². The maximum absolute atomic E-state index is 13.3. The van der Waals surface area contributed by atoms with Gasteiger partial charge in [-0.2, -0.15) is 0 Å². The van der Waals surface area contributed by atoms with Gasteiger partial charge in [-0.1, -0.05) is 19.1 Å². The van der Waals surface area contributed by atoms with Gasteiger partial charge >= 0.3 is 0 Å². The summed E-state index contributed by atoms with van der Waals surface area (Å²) in [6, 6.07) is 7.96. The highest BCUT2D eigenvalue weighted by Crippen LogP contribution is 2.34. The molecule has 0 spiro atoms. The number of aromatic nitrogens is 3. The van der Waals surface area contributed by atoms with E-state index in [9.17, 15) is 4.79 Å². The van der Waals surface area contributed by atoms with Crippen LogP contribution in [0.2, 0.25) is 0 Å². The van der Waals surface area contributed by atoms with Crippen molar-refractivity contribution in [2.45, 2.75) is 58.2 Å². The molecule has 0 radical (unpaired) electrons. The number of hydrogen-bond acceptors (Lipinski definition) is 4. The van der Waals surface area contributed by atoms with E-state index in [2.05, 4.69) is 26.6 Å². The molecule has 4 rings (SSSR count). The van der Waals surface area contributed by atoms with E-state index < -0.39 is 0 Å². The number of rotatable bonds is 4. The summed E-state index contributed by atoms with van der Waals surface area (Å²) in [6.45, 7) is 5.39. The predicted molar refractivity (Wildman–Crippen MR) is 93.7 cm³/mol. The summed E-state index contributed by atoms with van der Waals surface area (Å²) >= 11 is 0. The van der Waals surface area contributed by atoms with Crippen LogP contribution in [-0.2, 0) is 19.4 Å². The van der Waals surface area contributed by atoms with Crippen molar-refractivity contribution in [3.8, 4) is 5.75 Å². The molecule has 132 valence electrons. The molecule has 2 unspecified atom stereocenters. The average Bonchev–Trinajstić information content (AvgIpc) is 3.14. The zero-order valence-corrected chi connectivity index (χ0v) is 14.8. The number of benzene rings is 1. The third-order valence-electron chi connectivity index (χ3n) is 5.30. The number of ether oxygens (including phenoxy) is 1. The summed E-state index contributed by atoms with van der Waals surface area (Å²) in [7, 11) is 0. The van der Waals surface area contributed by atoms with E-state index in [1.807, 2.05) is 31.2 Å². The van der Waals surface area contributed by atoms with Crippen LogP contribution in [0.25, 0.3) is 0 Å². The smallest absolute Gasteiger partial charge is 0.258 e. The first-order valence-electron chi connectivity index (χ1n) is 9.18. The quantitative estimate of drug-likeness (QED) is 0.858. The van der Waals surface area contributed by atoms with Crippen molar-refractivity contribution in [1.82, 2.24) is 19.7 Å². The van der Waals surface area contributed by atoms with Crippen molar-refractivity contribution >= 4 is 5.91 Å². The van der Waals surface area contributed by atoms with Gasteiger partial charge in [-0.3, -0.25) is 4.79 Å². The van der Waals surface area contributed by atoms with Crippen molar-refractivity contribution < 1.29 is 9.53 Å². The molecule has 1 saturated heterocycles. The first-order chi connectivity index (χ1) is 12.2. The summed E-state index contributed by atoms with van der Waals surface area (Å²) in [4.78, 5) is 15.4. The molecule has 1 amide bonds. The van der Waals surface area contributed by atoms with Crippen LogP contribution in [0.5, 0.6) is 5.75 Å². The van der Waals surface area contributed by atoms with Crippen LogP contribution in [0.15, 0.2) is 24.3 Å². The van der Waals surface area contributed by atoms with E-state index in [0.29, 0.717) is 17.9 Å². The molecule has 0 aliphatic carbocycles. The van der Waals surface area contributed by atoms with Crippen LogP contribution in [0.3, 0.4) is 0 Å². The Morgan fingerprint density at radius 1 is 1.20 bits per heavy atom. The van der Waals surface area contributed by atoms with Crippen LogP contribution in [-0.4, -0.2) is 44.3 Å².